The second-order valence-corrected chi connectivity index (χ2v) is 10.4. The first-order chi connectivity index (χ1) is 19.8. The number of hydrogen-bond acceptors (Lipinski definition) is 10. The number of pyridine rings is 1. The van der Waals surface area contributed by atoms with E-state index in [-0.39, 0.29) is 46.8 Å². The Bertz CT molecular complexity index is 1400. The number of likely N-dealkylation sites (tertiary alicyclic amines) is 1. The molecule has 41 heavy (non-hydrogen) atoms. The molecule has 0 saturated carbocycles. The van der Waals surface area contributed by atoms with Gasteiger partial charge in [-0.3, -0.25) is 4.79 Å². The van der Waals surface area contributed by atoms with Gasteiger partial charge in [0.15, 0.2) is 29.0 Å². The number of rotatable bonds is 9. The standard InChI is InChI=1S/C28H35F2N7O4/c1-15(38)33-18-7-9-41-14-20(18)35-28-32-12-16-10-19(23-24(29)21(39-3)11-22(40-4)25(23)30)34-27(26(16)36-28)31-13-17-6-5-8-37(17)2/h10-12,17-18,20H,5-9,13-14H2,1-4H3,(H,31,34)(H,33,38)(H,32,35,36)/t17?,18-,20+/m0/s1. The van der Waals surface area contributed by atoms with Gasteiger partial charge in [-0.15, -0.1) is 0 Å². The number of nitrogens with one attached hydrogen (secondary N) is 3. The van der Waals surface area contributed by atoms with Crippen molar-refractivity contribution in [2.45, 2.75) is 44.3 Å². The molecule has 2 fully saturated rings. The number of nitrogens with zero attached hydrogens (tertiary/aromatic N) is 4. The summed E-state index contributed by atoms with van der Waals surface area (Å²) in [5.74, 6) is -1.56. The predicted octanol–water partition coefficient (Wildman–Crippen LogP) is 3.20. The molecule has 3 atom stereocenters. The van der Waals surface area contributed by atoms with Crippen LogP contribution in [0.1, 0.15) is 26.2 Å². The van der Waals surface area contributed by atoms with E-state index in [0.29, 0.717) is 48.8 Å². The maximum atomic E-state index is 15.4. The van der Waals surface area contributed by atoms with Gasteiger partial charge in [0.1, 0.15) is 5.52 Å². The Hall–Kier alpha value is -3.84. The Morgan fingerprint density at radius 3 is 2.54 bits per heavy atom. The van der Waals surface area contributed by atoms with Gasteiger partial charge >= 0.3 is 0 Å². The van der Waals surface area contributed by atoms with Crippen molar-refractivity contribution in [1.82, 2.24) is 25.2 Å². The van der Waals surface area contributed by atoms with Crippen LogP contribution in [0.2, 0.25) is 0 Å². The SMILES string of the molecule is COc1cc(OC)c(F)c(-c2cc3cnc(N[C@@H]4COCC[C@@H]4NC(C)=O)nc3c(NCC3CCCN3C)n2)c1F. The molecular weight excluding hydrogens is 536 g/mol. The maximum Gasteiger partial charge on any atom is 0.223 e. The van der Waals surface area contributed by atoms with Crippen LogP contribution in [-0.2, 0) is 9.53 Å². The van der Waals surface area contributed by atoms with Crippen LogP contribution in [-0.4, -0.2) is 91.5 Å². The molecule has 13 heteroatoms. The minimum Gasteiger partial charge on any atom is -0.494 e. The number of fused-ring (bicyclic) bond motifs is 1. The lowest BCUT2D eigenvalue weighted by atomic mass is 10.0. The first-order valence-electron chi connectivity index (χ1n) is 13.6. The van der Waals surface area contributed by atoms with Crippen LogP contribution in [0.3, 0.4) is 0 Å². The molecule has 5 rings (SSSR count). The van der Waals surface area contributed by atoms with E-state index in [1.165, 1.54) is 27.2 Å². The van der Waals surface area contributed by atoms with E-state index in [2.05, 4.69) is 37.9 Å². The van der Waals surface area contributed by atoms with Gasteiger partial charge in [-0.05, 0) is 38.9 Å². The fourth-order valence-corrected chi connectivity index (χ4v) is 5.40. The number of likely N-dealkylation sites (N-methyl/N-ethyl adjacent to an activating group) is 1. The summed E-state index contributed by atoms with van der Waals surface area (Å²) in [5.41, 5.74) is 0.155. The molecule has 2 saturated heterocycles. The van der Waals surface area contributed by atoms with E-state index in [9.17, 15) is 4.79 Å². The van der Waals surface area contributed by atoms with Crippen molar-refractivity contribution >= 4 is 28.6 Å². The Labute approximate surface area is 237 Å². The third-order valence-electron chi connectivity index (χ3n) is 7.63. The molecule has 2 aliphatic heterocycles. The fraction of sp³-hybridized carbons (Fsp3) is 0.500. The number of amides is 1. The summed E-state index contributed by atoms with van der Waals surface area (Å²) in [7, 11) is 4.67. The number of carbonyl (C=O) groups is 1. The van der Waals surface area contributed by atoms with Crippen molar-refractivity contribution in [3.63, 3.8) is 0 Å². The molecule has 11 nitrogen and oxygen atoms in total. The zero-order chi connectivity index (χ0) is 29.1. The summed E-state index contributed by atoms with van der Waals surface area (Å²) < 4.78 is 46.7. The second-order valence-electron chi connectivity index (χ2n) is 10.4. The van der Waals surface area contributed by atoms with Crippen LogP contribution in [0.25, 0.3) is 22.2 Å². The Kier molecular flexibility index (Phi) is 8.64. The molecule has 0 spiro atoms. The summed E-state index contributed by atoms with van der Waals surface area (Å²) in [6.45, 7) is 3.96. The number of hydrogen-bond donors (Lipinski definition) is 3. The summed E-state index contributed by atoms with van der Waals surface area (Å²) in [6, 6.07) is 2.59. The average molecular weight is 572 g/mol. The van der Waals surface area contributed by atoms with E-state index in [1.54, 1.807) is 6.20 Å². The molecule has 2 aliphatic rings. The fourth-order valence-electron chi connectivity index (χ4n) is 5.40. The largest absolute Gasteiger partial charge is 0.494 e. The first kappa shape index (κ1) is 28.7. The number of anilines is 2. The highest BCUT2D eigenvalue weighted by Gasteiger charge is 2.28. The summed E-state index contributed by atoms with van der Waals surface area (Å²) in [6.07, 6.45) is 4.34. The lowest BCUT2D eigenvalue weighted by molar-refractivity contribution is -0.120. The molecule has 1 unspecified atom stereocenters. The lowest BCUT2D eigenvalue weighted by Crippen LogP contribution is -2.51. The highest BCUT2D eigenvalue weighted by Crippen LogP contribution is 2.38. The third-order valence-corrected chi connectivity index (χ3v) is 7.63. The molecule has 0 aliphatic carbocycles. The van der Waals surface area contributed by atoms with Crippen LogP contribution >= 0.6 is 0 Å². The number of ether oxygens (including phenoxy) is 3. The van der Waals surface area contributed by atoms with Gasteiger partial charge in [0.25, 0.3) is 0 Å². The summed E-state index contributed by atoms with van der Waals surface area (Å²) in [5, 5.41) is 10.1. The number of benzene rings is 1. The normalized spacial score (nSPS) is 21.1. The highest BCUT2D eigenvalue weighted by atomic mass is 19.1. The minimum absolute atomic E-state index is 0.0442. The summed E-state index contributed by atoms with van der Waals surface area (Å²) in [4.78, 5) is 27.8. The number of aromatic nitrogens is 3. The van der Waals surface area contributed by atoms with Gasteiger partial charge in [0, 0.05) is 43.8 Å². The molecular formula is C28H35F2N7O4. The van der Waals surface area contributed by atoms with E-state index in [1.807, 2.05) is 0 Å². The van der Waals surface area contributed by atoms with Gasteiger partial charge in [0.2, 0.25) is 11.9 Å². The highest BCUT2D eigenvalue weighted by molar-refractivity contribution is 5.92. The molecule has 1 amide bonds. The van der Waals surface area contributed by atoms with Gasteiger partial charge in [-0.1, -0.05) is 0 Å². The van der Waals surface area contributed by atoms with Gasteiger partial charge in [-0.2, -0.15) is 0 Å². The minimum atomic E-state index is -0.889. The molecule has 220 valence electrons. The molecule has 0 bridgehead atoms. The molecule has 3 aromatic rings. The zero-order valence-electron chi connectivity index (χ0n) is 23.6. The number of halogens is 2. The number of methoxy groups -OCH3 is 2. The smallest absolute Gasteiger partial charge is 0.223 e. The Morgan fingerprint density at radius 2 is 1.88 bits per heavy atom. The van der Waals surface area contributed by atoms with Crippen LogP contribution in [0, 0.1) is 11.6 Å². The molecule has 1 aromatic carbocycles. The van der Waals surface area contributed by atoms with Crippen molar-refractivity contribution < 1.29 is 27.8 Å². The van der Waals surface area contributed by atoms with Gasteiger partial charge in [-0.25, -0.2) is 23.7 Å². The number of carbonyl (C=O) groups excluding carboxylic acids is 1. The monoisotopic (exact) mass is 571 g/mol. The van der Waals surface area contributed by atoms with Gasteiger partial charge < -0.3 is 35.1 Å². The molecule has 3 N–H and O–H groups in total. The van der Waals surface area contributed by atoms with E-state index in [4.69, 9.17) is 19.2 Å². The Morgan fingerprint density at radius 1 is 1.12 bits per heavy atom. The van der Waals surface area contributed by atoms with Crippen LogP contribution < -0.4 is 25.4 Å². The van der Waals surface area contributed by atoms with E-state index < -0.39 is 11.6 Å². The third kappa shape index (κ3) is 6.10. The van der Waals surface area contributed by atoms with Crippen molar-refractivity contribution in [3.05, 3.63) is 30.0 Å². The van der Waals surface area contributed by atoms with Crippen molar-refractivity contribution in [2.24, 2.45) is 0 Å². The second kappa shape index (κ2) is 12.4. The Balaban J connectivity index is 1.56. The van der Waals surface area contributed by atoms with E-state index in [0.717, 1.165) is 25.5 Å². The first-order valence-corrected chi connectivity index (χ1v) is 13.6. The average Bonchev–Trinajstić information content (AvgIpc) is 3.37. The maximum absolute atomic E-state index is 15.4. The van der Waals surface area contributed by atoms with E-state index >= 15 is 8.78 Å². The molecule has 4 heterocycles. The lowest BCUT2D eigenvalue weighted by Gasteiger charge is -2.32. The van der Waals surface area contributed by atoms with Crippen LogP contribution in [0.4, 0.5) is 20.5 Å². The zero-order valence-corrected chi connectivity index (χ0v) is 23.6. The predicted molar refractivity (Wildman–Crippen MR) is 150 cm³/mol. The summed E-state index contributed by atoms with van der Waals surface area (Å²) >= 11 is 0. The molecule has 0 radical (unpaired) electrons. The van der Waals surface area contributed by atoms with Gasteiger partial charge in [0.05, 0.1) is 44.2 Å². The van der Waals surface area contributed by atoms with Crippen molar-refractivity contribution in [2.75, 3.05) is 58.2 Å². The quantitative estimate of drug-likeness (QED) is 0.353. The van der Waals surface area contributed by atoms with Crippen LogP contribution in [0.15, 0.2) is 18.3 Å². The van der Waals surface area contributed by atoms with Crippen LogP contribution in [0.5, 0.6) is 11.5 Å². The molecule has 2 aromatic heterocycles. The van der Waals surface area contributed by atoms with Crippen molar-refractivity contribution in [1.29, 1.82) is 0 Å². The van der Waals surface area contributed by atoms with Crippen molar-refractivity contribution in [3.8, 4) is 22.8 Å². The topological polar surface area (TPSA) is 123 Å².